The molecule has 0 spiro atoms. The van der Waals surface area contributed by atoms with Crippen LogP contribution in [0.5, 0.6) is 0 Å². The van der Waals surface area contributed by atoms with E-state index in [4.69, 9.17) is 4.74 Å². The first-order chi connectivity index (χ1) is 17.5. The summed E-state index contributed by atoms with van der Waals surface area (Å²) in [5.74, 6) is 0. The van der Waals surface area contributed by atoms with Crippen molar-refractivity contribution in [2.24, 2.45) is 0 Å². The Bertz CT molecular complexity index is 1100. The molecule has 1 aliphatic heterocycles. The van der Waals surface area contributed by atoms with Crippen LogP contribution in [0.25, 0.3) is 0 Å². The summed E-state index contributed by atoms with van der Waals surface area (Å²) in [6.07, 6.45) is 0.189. The molecule has 0 radical (unpaired) electrons. The number of hydrogen-bond donors (Lipinski definition) is 7. The molecular formula is C11H29BO21P6. The molecule has 39 heavy (non-hydrogen) atoms. The SMILES string of the molecule is B[C@H]1C[C@@H](O)C(COP(=O)(O)OP(=O)(O)OP(=O)(O)OP(=O)(O)OP(=O)(O)OP(=O)(O)OCCCCCC)O1. The Hall–Kier alpha value is 0.845. The van der Waals surface area contributed by atoms with Gasteiger partial charge in [0.15, 0.2) is 0 Å². The molecule has 0 aromatic heterocycles. The van der Waals surface area contributed by atoms with Gasteiger partial charge >= 0.3 is 46.9 Å². The van der Waals surface area contributed by atoms with E-state index in [9.17, 15) is 61.9 Å². The van der Waals surface area contributed by atoms with Crippen LogP contribution in [0.4, 0.5) is 0 Å². The Morgan fingerprint density at radius 3 is 1.49 bits per heavy atom. The van der Waals surface area contributed by atoms with Crippen LogP contribution < -0.4 is 0 Å². The van der Waals surface area contributed by atoms with Gasteiger partial charge in [-0.15, -0.1) is 0 Å². The van der Waals surface area contributed by atoms with Gasteiger partial charge in [0.2, 0.25) is 0 Å². The highest BCUT2D eigenvalue weighted by Gasteiger charge is 2.49. The van der Waals surface area contributed by atoms with Crippen LogP contribution in [-0.2, 0) is 62.7 Å². The van der Waals surface area contributed by atoms with Crippen LogP contribution in [0.1, 0.15) is 39.0 Å². The molecule has 232 valence electrons. The van der Waals surface area contributed by atoms with E-state index < -0.39 is 78.4 Å². The quantitative estimate of drug-likeness (QED) is 0.0570. The highest BCUT2D eigenvalue weighted by atomic mass is 31.3. The topological polar surface area (TPSA) is 318 Å². The second-order valence-electron chi connectivity index (χ2n) is 7.70. The van der Waals surface area contributed by atoms with Gasteiger partial charge in [-0.2, -0.15) is 21.6 Å². The lowest BCUT2D eigenvalue weighted by Crippen LogP contribution is -2.26. The number of rotatable bonds is 19. The van der Waals surface area contributed by atoms with Crippen molar-refractivity contribution in [2.45, 2.75) is 57.2 Å². The first-order valence-electron chi connectivity index (χ1n) is 10.6. The predicted octanol–water partition coefficient (Wildman–Crippen LogP) is 1.39. The molecule has 7 unspecified atom stereocenters. The molecular weight excluding hydrogens is 665 g/mol. The van der Waals surface area contributed by atoms with E-state index in [2.05, 4.69) is 30.6 Å². The lowest BCUT2D eigenvalue weighted by atomic mass is 9.96. The smallest absolute Gasteiger partial charge is 0.390 e. The minimum atomic E-state index is -6.32. The number of phosphoric ester groups is 2. The van der Waals surface area contributed by atoms with Gasteiger partial charge in [0.05, 0.1) is 19.3 Å². The summed E-state index contributed by atoms with van der Waals surface area (Å²) < 4.78 is 103. The van der Waals surface area contributed by atoms with Crippen molar-refractivity contribution in [3.05, 3.63) is 0 Å². The molecule has 0 aliphatic carbocycles. The standard InChI is InChI=1S/C11H29BO21P6/c1-2-3-4-5-6-26-34(14,15)29-36(18,19)31-38(22,23)33-39(24,25)32-37(20,21)30-35(16,17)27-8-10-9(13)7-11(12)28-10/h9-11,13H,2-8,12H2,1H3,(H,14,15)(H,16,17)(H,18,19)(H,20,21)(H,22,23)(H,24,25)/t9-,10?,11-/m1/s1. The molecule has 21 nitrogen and oxygen atoms in total. The summed E-state index contributed by atoms with van der Waals surface area (Å²) in [6, 6.07) is -0.458. The van der Waals surface area contributed by atoms with Crippen molar-refractivity contribution in [3.8, 4) is 0 Å². The molecule has 0 amide bonds. The largest absolute Gasteiger partial charge is 0.490 e. The normalized spacial score (nSPS) is 29.3. The van der Waals surface area contributed by atoms with E-state index in [-0.39, 0.29) is 12.8 Å². The van der Waals surface area contributed by atoms with Crippen LogP contribution in [0.15, 0.2) is 0 Å². The summed E-state index contributed by atoms with van der Waals surface area (Å²) in [6.45, 7) is 0.589. The van der Waals surface area contributed by atoms with E-state index in [1.165, 1.54) is 0 Å². The van der Waals surface area contributed by atoms with Gasteiger partial charge in [-0.25, -0.2) is 27.4 Å². The first kappa shape index (κ1) is 37.9. The van der Waals surface area contributed by atoms with Crippen molar-refractivity contribution in [1.29, 1.82) is 0 Å². The number of aliphatic hydroxyl groups is 1. The maximum atomic E-state index is 11.9. The monoisotopic (exact) mass is 694 g/mol. The van der Waals surface area contributed by atoms with Crippen LogP contribution >= 0.6 is 46.9 Å². The fourth-order valence-corrected chi connectivity index (χ4v) is 10.6. The van der Waals surface area contributed by atoms with Crippen LogP contribution in [0.3, 0.4) is 0 Å². The Labute approximate surface area is 222 Å². The number of ether oxygens (including phenoxy) is 1. The van der Waals surface area contributed by atoms with Gasteiger partial charge in [-0.1, -0.05) is 26.2 Å². The molecule has 1 rings (SSSR count). The maximum Gasteiger partial charge on any atom is 0.490 e. The Morgan fingerprint density at radius 1 is 0.692 bits per heavy atom. The second kappa shape index (κ2) is 15.0. The van der Waals surface area contributed by atoms with Crippen molar-refractivity contribution in [1.82, 2.24) is 0 Å². The summed E-state index contributed by atoms with van der Waals surface area (Å²) in [4.78, 5) is 56.7. The second-order valence-corrected chi connectivity index (χ2v) is 17.1. The van der Waals surface area contributed by atoms with Crippen LogP contribution in [-0.4, -0.2) is 73.7 Å². The van der Waals surface area contributed by atoms with E-state index in [0.29, 0.717) is 6.42 Å². The molecule has 28 heteroatoms. The molecule has 1 aliphatic rings. The first-order valence-corrected chi connectivity index (χ1v) is 19.6. The molecule has 7 N–H and O–H groups in total. The van der Waals surface area contributed by atoms with Crippen molar-refractivity contribution in [3.63, 3.8) is 0 Å². The number of hydrogen-bond acceptors (Lipinski definition) is 15. The van der Waals surface area contributed by atoms with Crippen molar-refractivity contribution >= 4 is 54.8 Å². The van der Waals surface area contributed by atoms with E-state index in [1.807, 2.05) is 6.92 Å². The number of aliphatic hydroxyl groups excluding tert-OH is 1. The zero-order chi connectivity index (χ0) is 30.3. The minimum absolute atomic E-state index is 0.133. The van der Waals surface area contributed by atoms with Crippen LogP contribution in [0.2, 0.25) is 0 Å². The third kappa shape index (κ3) is 16.3. The molecule has 0 bridgehead atoms. The summed E-state index contributed by atoms with van der Waals surface area (Å²) in [5, 5.41) is 9.68. The average molecular weight is 694 g/mol. The number of phosphoric acid groups is 6. The van der Waals surface area contributed by atoms with E-state index in [1.54, 1.807) is 7.85 Å². The fraction of sp³-hybridized carbons (Fsp3) is 1.00. The molecule has 0 aromatic rings. The molecule has 1 fully saturated rings. The van der Waals surface area contributed by atoms with E-state index in [0.717, 1.165) is 12.8 Å². The molecule has 0 saturated carbocycles. The average Bonchev–Trinajstić information content (AvgIpc) is 2.98. The van der Waals surface area contributed by atoms with Crippen molar-refractivity contribution < 1.29 is 97.2 Å². The highest BCUT2D eigenvalue weighted by Crippen LogP contribution is 2.75. The summed E-state index contributed by atoms with van der Waals surface area (Å²) in [5.41, 5.74) is 0. The zero-order valence-electron chi connectivity index (χ0n) is 20.2. The lowest BCUT2D eigenvalue weighted by molar-refractivity contribution is -0.00418. The van der Waals surface area contributed by atoms with Crippen molar-refractivity contribution in [2.75, 3.05) is 13.2 Å². The predicted molar refractivity (Wildman–Crippen MR) is 128 cm³/mol. The third-order valence-electron chi connectivity index (χ3n) is 4.10. The maximum absolute atomic E-state index is 11.9. The van der Waals surface area contributed by atoms with Gasteiger partial charge in [0.25, 0.3) is 0 Å². The van der Waals surface area contributed by atoms with Gasteiger partial charge in [0.1, 0.15) is 14.0 Å². The van der Waals surface area contributed by atoms with Gasteiger partial charge < -0.3 is 39.2 Å². The summed E-state index contributed by atoms with van der Waals surface area (Å²) >= 11 is 0. The zero-order valence-corrected chi connectivity index (χ0v) is 25.6. The van der Waals surface area contributed by atoms with Gasteiger partial charge in [-0.05, 0) is 12.8 Å². The highest BCUT2D eigenvalue weighted by molar-refractivity contribution is 7.72. The molecule has 9 atom stereocenters. The Balaban J connectivity index is 2.71. The molecule has 1 saturated heterocycles. The van der Waals surface area contributed by atoms with E-state index >= 15 is 0 Å². The molecule has 1 heterocycles. The van der Waals surface area contributed by atoms with Gasteiger partial charge in [-0.3, -0.25) is 9.05 Å². The Kier molecular flexibility index (Phi) is 14.6. The minimum Gasteiger partial charge on any atom is -0.390 e. The third-order valence-corrected chi connectivity index (χ3v) is 13.3. The number of unbranched alkanes of at least 4 members (excludes halogenated alkanes) is 3. The Morgan fingerprint density at radius 2 is 1.10 bits per heavy atom. The summed E-state index contributed by atoms with van der Waals surface area (Å²) in [7, 11) is -34.2. The fourth-order valence-electron chi connectivity index (χ4n) is 2.72. The molecule has 0 aromatic carbocycles. The lowest BCUT2D eigenvalue weighted by Gasteiger charge is -2.21. The van der Waals surface area contributed by atoms with Gasteiger partial charge in [0, 0.05) is 6.00 Å². The van der Waals surface area contributed by atoms with Crippen LogP contribution in [0, 0.1) is 0 Å².